The van der Waals surface area contributed by atoms with Crippen LogP contribution in [0.15, 0.2) is 36.4 Å². The van der Waals surface area contributed by atoms with E-state index in [0.717, 1.165) is 4.90 Å². The Balaban J connectivity index is 2.52. The third-order valence-corrected chi connectivity index (χ3v) is 2.59. The Morgan fingerprint density at radius 1 is 1.06 bits per heavy atom. The Morgan fingerprint density at radius 3 is 2.19 bits per heavy atom. The van der Waals surface area contributed by atoms with Crippen LogP contribution in [0.5, 0.6) is 0 Å². The fraction of sp³-hybridized carbons (Fsp3) is 0. The molecule has 0 bridgehead atoms. The molecule has 80 valence electrons. The molecule has 4 nitrogen and oxygen atoms in total. The van der Waals surface area contributed by atoms with Gasteiger partial charge in [0.1, 0.15) is 0 Å². The first-order valence-corrected chi connectivity index (χ1v) is 5.25. The fourth-order valence-corrected chi connectivity index (χ4v) is 1.81. The molecular formula is C11H6BrNO3. The number of hydrogen-bond donors (Lipinski definition) is 0. The highest BCUT2D eigenvalue weighted by Crippen LogP contribution is 2.25. The topological polar surface area (TPSA) is 54.5 Å². The van der Waals surface area contributed by atoms with Crippen LogP contribution in [0.1, 0.15) is 10.4 Å². The third kappa shape index (κ3) is 1.69. The Kier molecular flexibility index (Phi) is 2.70. The van der Waals surface area contributed by atoms with Crippen LogP contribution in [-0.2, 0) is 9.59 Å². The molecule has 0 radical (unpaired) electrons. The molecule has 1 heterocycles. The maximum absolute atomic E-state index is 11.5. The molecule has 0 saturated heterocycles. The molecule has 16 heavy (non-hydrogen) atoms. The highest BCUT2D eigenvalue weighted by Gasteiger charge is 2.27. The molecule has 5 heteroatoms. The van der Waals surface area contributed by atoms with E-state index < -0.39 is 11.8 Å². The van der Waals surface area contributed by atoms with Crippen molar-refractivity contribution < 1.29 is 14.4 Å². The van der Waals surface area contributed by atoms with E-state index in [1.165, 1.54) is 12.2 Å². The summed E-state index contributed by atoms with van der Waals surface area (Å²) in [6.07, 6.45) is 2.36. The second kappa shape index (κ2) is 4.02. The summed E-state index contributed by atoms with van der Waals surface area (Å²) >= 11 is 2.81. The lowest BCUT2D eigenvalue weighted by molar-refractivity contribution is -0.119. The van der Waals surface area contributed by atoms with E-state index in [1.807, 2.05) is 0 Å². The predicted octanol–water partition coefficient (Wildman–Crippen LogP) is 1.65. The molecule has 1 aromatic carbocycles. The predicted molar refractivity (Wildman–Crippen MR) is 61.3 cm³/mol. The van der Waals surface area contributed by atoms with Gasteiger partial charge in [0.25, 0.3) is 11.8 Å². The summed E-state index contributed by atoms with van der Waals surface area (Å²) in [4.78, 5) is 35.2. The van der Waals surface area contributed by atoms with Crippen LogP contribution in [0.4, 0.5) is 5.69 Å². The summed E-state index contributed by atoms with van der Waals surface area (Å²) in [7, 11) is 0. The minimum atomic E-state index is -0.439. The van der Waals surface area contributed by atoms with Crippen molar-refractivity contribution in [1.82, 2.24) is 0 Å². The first kappa shape index (κ1) is 10.8. The van der Waals surface area contributed by atoms with E-state index in [2.05, 4.69) is 15.9 Å². The van der Waals surface area contributed by atoms with Crippen LogP contribution in [0.2, 0.25) is 0 Å². The number of benzene rings is 1. The number of imide groups is 1. The molecule has 0 aliphatic carbocycles. The zero-order chi connectivity index (χ0) is 11.7. The maximum Gasteiger partial charge on any atom is 0.258 e. The number of halogens is 1. The third-order valence-electron chi connectivity index (χ3n) is 2.17. The van der Waals surface area contributed by atoms with Crippen molar-refractivity contribution in [3.05, 3.63) is 42.0 Å². The highest BCUT2D eigenvalue weighted by molar-refractivity contribution is 9.18. The quantitative estimate of drug-likeness (QED) is 0.611. The van der Waals surface area contributed by atoms with Crippen LogP contribution in [0, 0.1) is 0 Å². The van der Waals surface area contributed by atoms with Gasteiger partial charge < -0.3 is 0 Å². The van der Waals surface area contributed by atoms with Crippen LogP contribution < -0.4 is 4.90 Å². The van der Waals surface area contributed by atoms with Gasteiger partial charge in [-0.2, -0.15) is 0 Å². The largest absolute Gasteiger partial charge is 0.281 e. The number of anilines is 1. The zero-order valence-electron chi connectivity index (χ0n) is 8.01. The minimum Gasteiger partial charge on any atom is -0.281 e. The average Bonchev–Trinajstić information content (AvgIpc) is 2.58. The molecule has 2 amide bonds. The van der Waals surface area contributed by atoms with Crippen LogP contribution in [0.3, 0.4) is 0 Å². The molecule has 1 aromatic rings. The lowest BCUT2D eigenvalue weighted by atomic mass is 10.2. The fourth-order valence-electron chi connectivity index (χ4n) is 1.47. The number of hydrogen-bond acceptors (Lipinski definition) is 3. The monoisotopic (exact) mass is 279 g/mol. The Bertz CT molecular complexity index is 504. The van der Waals surface area contributed by atoms with Gasteiger partial charge in [0.15, 0.2) is 0 Å². The molecule has 0 saturated carbocycles. The van der Waals surface area contributed by atoms with E-state index in [9.17, 15) is 14.4 Å². The van der Waals surface area contributed by atoms with Gasteiger partial charge in [-0.25, -0.2) is 4.90 Å². The Morgan fingerprint density at radius 2 is 1.62 bits per heavy atom. The van der Waals surface area contributed by atoms with Gasteiger partial charge in [0, 0.05) is 12.2 Å². The molecule has 0 unspecified atom stereocenters. The number of rotatable bonds is 2. The SMILES string of the molecule is O=C(Br)c1ccccc1N1C(=O)C=CC1=O. The molecule has 2 rings (SSSR count). The number of amides is 2. The normalized spacial score (nSPS) is 14.7. The second-order valence-corrected chi connectivity index (χ2v) is 3.86. The summed E-state index contributed by atoms with van der Waals surface area (Å²) in [6, 6.07) is 6.42. The first-order chi connectivity index (χ1) is 7.61. The van der Waals surface area contributed by atoms with E-state index in [-0.39, 0.29) is 10.3 Å². The number of carbonyl (C=O) groups excluding carboxylic acids is 3. The minimum absolute atomic E-state index is 0.285. The molecule has 0 spiro atoms. The summed E-state index contributed by atoms with van der Waals surface area (Å²) in [5.41, 5.74) is 0.581. The average molecular weight is 280 g/mol. The van der Waals surface area contributed by atoms with Gasteiger partial charge in [-0.05, 0) is 28.1 Å². The molecule has 0 N–H and O–H groups in total. The van der Waals surface area contributed by atoms with Gasteiger partial charge in [-0.1, -0.05) is 12.1 Å². The van der Waals surface area contributed by atoms with Crippen LogP contribution in [-0.4, -0.2) is 16.5 Å². The lowest BCUT2D eigenvalue weighted by Crippen LogP contribution is -2.30. The Labute approximate surface area is 99.7 Å². The highest BCUT2D eigenvalue weighted by atomic mass is 79.9. The molecule has 1 aliphatic heterocycles. The number of para-hydroxylation sites is 1. The first-order valence-electron chi connectivity index (χ1n) is 4.46. The molecule has 0 fully saturated rings. The van der Waals surface area contributed by atoms with Crippen molar-refractivity contribution in [3.8, 4) is 0 Å². The van der Waals surface area contributed by atoms with Crippen molar-refractivity contribution in [2.45, 2.75) is 0 Å². The summed E-state index contributed by atoms with van der Waals surface area (Å²) < 4.78 is -0.365. The number of carbonyl (C=O) groups is 3. The van der Waals surface area contributed by atoms with Crippen molar-refractivity contribution >= 4 is 38.1 Å². The second-order valence-electron chi connectivity index (χ2n) is 3.14. The molecular weight excluding hydrogens is 274 g/mol. The van der Waals surface area contributed by atoms with Crippen molar-refractivity contribution in [1.29, 1.82) is 0 Å². The molecule has 1 aliphatic rings. The van der Waals surface area contributed by atoms with Gasteiger partial charge in [-0.15, -0.1) is 0 Å². The zero-order valence-corrected chi connectivity index (χ0v) is 9.60. The van der Waals surface area contributed by atoms with E-state index in [1.54, 1.807) is 24.3 Å². The smallest absolute Gasteiger partial charge is 0.258 e. The van der Waals surface area contributed by atoms with Gasteiger partial charge in [0.2, 0.25) is 4.69 Å². The van der Waals surface area contributed by atoms with Crippen molar-refractivity contribution in [2.24, 2.45) is 0 Å². The van der Waals surface area contributed by atoms with Crippen LogP contribution >= 0.6 is 15.9 Å². The van der Waals surface area contributed by atoms with E-state index in [0.29, 0.717) is 5.69 Å². The molecule has 0 aromatic heterocycles. The van der Waals surface area contributed by atoms with Gasteiger partial charge >= 0.3 is 0 Å². The summed E-state index contributed by atoms with van der Waals surface area (Å²) in [5, 5.41) is 0. The summed E-state index contributed by atoms with van der Waals surface area (Å²) in [5.74, 6) is -0.877. The van der Waals surface area contributed by atoms with Crippen LogP contribution in [0.25, 0.3) is 0 Å². The maximum atomic E-state index is 11.5. The van der Waals surface area contributed by atoms with Gasteiger partial charge in [0.05, 0.1) is 11.3 Å². The standard InChI is InChI=1S/C11H6BrNO3/c12-11(16)7-3-1-2-4-8(7)13-9(14)5-6-10(13)15/h1-6H. The lowest BCUT2D eigenvalue weighted by Gasteiger charge is -2.16. The number of nitrogens with zero attached hydrogens (tertiary/aromatic N) is 1. The molecule has 0 atom stereocenters. The Hall–Kier alpha value is -1.75. The van der Waals surface area contributed by atoms with E-state index in [4.69, 9.17) is 0 Å². The van der Waals surface area contributed by atoms with Crippen molar-refractivity contribution in [2.75, 3.05) is 4.90 Å². The summed E-state index contributed by atoms with van der Waals surface area (Å²) in [6.45, 7) is 0. The van der Waals surface area contributed by atoms with Gasteiger partial charge in [-0.3, -0.25) is 14.4 Å². The van der Waals surface area contributed by atoms with Crippen molar-refractivity contribution in [3.63, 3.8) is 0 Å². The van der Waals surface area contributed by atoms with E-state index >= 15 is 0 Å².